The molecule has 0 aromatic heterocycles. The molecule has 402 valence electrons. The number of hydrogen-bond donors (Lipinski definition) is 7. The summed E-state index contributed by atoms with van der Waals surface area (Å²) in [7, 11) is -5.12. The van der Waals surface area contributed by atoms with E-state index in [2.05, 4.69) is 35.5 Å². The van der Waals surface area contributed by atoms with Crippen molar-refractivity contribution in [2.75, 3.05) is 13.2 Å². The average molecular weight is 990 g/mol. The minimum Gasteiger partial charge on any atom is -0.394 e. The summed E-state index contributed by atoms with van der Waals surface area (Å²) in [6.45, 7) is 3.26. The Morgan fingerprint density at radius 1 is 0.588 bits per heavy atom. The Kier molecular flexibility index (Phi) is 42.0. The summed E-state index contributed by atoms with van der Waals surface area (Å²) in [4.78, 5) is 13.2. The van der Waals surface area contributed by atoms with Gasteiger partial charge in [-0.25, -0.2) is 4.18 Å². The molecule has 8 unspecified atom stereocenters. The Bertz CT molecular complexity index is 1320. The standard InChI is InChI=1S/C54H103NO12S/c1-3-5-7-9-11-13-15-17-19-21-23-24-25-27-29-31-33-35-37-39-41-43-48(58)53(61)55-46(45-65-54-51(60)52(67-68(62,63)64)50(59)49(44-56)66-54)47(57)42-40-38-36-34-32-30-28-26-22-20-18-16-14-12-10-8-6-4-2/h25,27,40,42,46-52,54,56-60H,3-24,26,28-39,41,43-45H2,1-2H3,(H,55,61)(H,62,63,64)/b27-25-,42-40+. The van der Waals surface area contributed by atoms with E-state index in [1.165, 1.54) is 161 Å². The third kappa shape index (κ3) is 35.6. The predicted molar refractivity (Wildman–Crippen MR) is 275 cm³/mol. The lowest BCUT2D eigenvalue weighted by Crippen LogP contribution is -2.61. The molecule has 1 saturated heterocycles. The molecule has 68 heavy (non-hydrogen) atoms. The molecular weight excluding hydrogens is 887 g/mol. The van der Waals surface area contributed by atoms with Gasteiger partial charge < -0.3 is 40.3 Å². The molecule has 1 aliphatic heterocycles. The Hall–Kier alpha value is -1.46. The smallest absolute Gasteiger partial charge is 0.394 e. The molecule has 1 rings (SSSR count). The van der Waals surface area contributed by atoms with Gasteiger partial charge in [0.25, 0.3) is 0 Å². The lowest BCUT2D eigenvalue weighted by molar-refractivity contribution is -0.298. The summed E-state index contributed by atoms with van der Waals surface area (Å²) in [6.07, 6.45) is 41.1. The molecule has 0 aliphatic carbocycles. The van der Waals surface area contributed by atoms with Crippen LogP contribution in [0.4, 0.5) is 0 Å². The highest BCUT2D eigenvalue weighted by molar-refractivity contribution is 7.80. The number of hydrogen-bond acceptors (Lipinski definition) is 11. The van der Waals surface area contributed by atoms with E-state index in [0.717, 1.165) is 57.8 Å². The predicted octanol–water partition coefficient (Wildman–Crippen LogP) is 11.4. The maximum absolute atomic E-state index is 13.2. The van der Waals surface area contributed by atoms with E-state index in [4.69, 9.17) is 9.47 Å². The summed E-state index contributed by atoms with van der Waals surface area (Å²) in [5.41, 5.74) is 0. The molecule has 0 aromatic rings. The molecule has 1 fully saturated rings. The van der Waals surface area contributed by atoms with Gasteiger partial charge in [-0.2, -0.15) is 8.42 Å². The van der Waals surface area contributed by atoms with Crippen LogP contribution < -0.4 is 5.32 Å². The molecule has 0 bridgehead atoms. The van der Waals surface area contributed by atoms with Gasteiger partial charge in [-0.15, -0.1) is 0 Å². The molecule has 1 amide bonds. The van der Waals surface area contributed by atoms with Gasteiger partial charge in [0.15, 0.2) is 6.29 Å². The van der Waals surface area contributed by atoms with Crippen LogP contribution in [0.15, 0.2) is 24.3 Å². The van der Waals surface area contributed by atoms with Crippen molar-refractivity contribution in [1.29, 1.82) is 0 Å². The van der Waals surface area contributed by atoms with Crippen LogP contribution in [0.3, 0.4) is 0 Å². The van der Waals surface area contributed by atoms with Crippen LogP contribution in [0, 0.1) is 0 Å². The molecule has 0 aromatic carbocycles. The van der Waals surface area contributed by atoms with Crippen LogP contribution in [-0.2, 0) is 28.9 Å². The fraction of sp³-hybridized carbons (Fsp3) is 0.907. The molecule has 0 saturated carbocycles. The lowest BCUT2D eigenvalue weighted by Gasteiger charge is -2.41. The zero-order valence-corrected chi connectivity index (χ0v) is 43.9. The van der Waals surface area contributed by atoms with Crippen molar-refractivity contribution in [3.63, 3.8) is 0 Å². The third-order valence-electron chi connectivity index (χ3n) is 13.3. The third-order valence-corrected chi connectivity index (χ3v) is 13.8. The van der Waals surface area contributed by atoms with E-state index in [9.17, 15) is 43.3 Å². The maximum atomic E-state index is 13.2. The highest BCUT2D eigenvalue weighted by atomic mass is 32.3. The number of aliphatic hydroxyl groups excluding tert-OH is 5. The van der Waals surface area contributed by atoms with E-state index in [0.29, 0.717) is 12.8 Å². The number of unbranched alkanes of at least 4 members (excludes halogenated alkanes) is 33. The first-order chi connectivity index (χ1) is 32.9. The van der Waals surface area contributed by atoms with E-state index in [1.807, 2.05) is 6.08 Å². The van der Waals surface area contributed by atoms with E-state index in [1.54, 1.807) is 6.08 Å². The van der Waals surface area contributed by atoms with Crippen molar-refractivity contribution in [3.8, 4) is 0 Å². The highest BCUT2D eigenvalue weighted by Crippen LogP contribution is 2.26. The zero-order chi connectivity index (χ0) is 49.9. The molecule has 8 atom stereocenters. The molecule has 0 spiro atoms. The molecule has 1 heterocycles. The number of carbonyl (C=O) groups is 1. The Labute approximate surface area is 415 Å². The normalized spacial score (nSPS) is 20.4. The van der Waals surface area contributed by atoms with Gasteiger partial charge in [0.05, 0.1) is 25.4 Å². The summed E-state index contributed by atoms with van der Waals surface area (Å²) < 4.78 is 47.7. The van der Waals surface area contributed by atoms with Gasteiger partial charge in [-0.05, 0) is 44.9 Å². The monoisotopic (exact) mass is 990 g/mol. The number of carbonyl (C=O) groups excluding carboxylic acids is 1. The second kappa shape index (κ2) is 44.3. The van der Waals surface area contributed by atoms with Crippen LogP contribution in [-0.4, -0.2) is 107 Å². The first-order valence-electron chi connectivity index (χ1n) is 27.8. The number of allylic oxidation sites excluding steroid dienone is 3. The quantitative estimate of drug-likeness (QED) is 0.0172. The molecule has 7 N–H and O–H groups in total. The van der Waals surface area contributed by atoms with Gasteiger partial charge >= 0.3 is 10.4 Å². The van der Waals surface area contributed by atoms with Gasteiger partial charge in [-0.1, -0.05) is 231 Å². The largest absolute Gasteiger partial charge is 0.397 e. The zero-order valence-electron chi connectivity index (χ0n) is 43.0. The first kappa shape index (κ1) is 64.6. The average Bonchev–Trinajstić information content (AvgIpc) is 3.31. The topological polar surface area (TPSA) is 212 Å². The molecule has 0 radical (unpaired) electrons. The van der Waals surface area contributed by atoms with Crippen LogP contribution in [0.1, 0.15) is 251 Å². The van der Waals surface area contributed by atoms with Gasteiger partial charge in [0.2, 0.25) is 5.91 Å². The number of rotatable bonds is 48. The Morgan fingerprint density at radius 3 is 1.37 bits per heavy atom. The fourth-order valence-electron chi connectivity index (χ4n) is 8.93. The summed E-state index contributed by atoms with van der Waals surface area (Å²) >= 11 is 0. The Balaban J connectivity index is 2.47. The van der Waals surface area contributed by atoms with Crippen molar-refractivity contribution in [2.45, 2.75) is 300 Å². The van der Waals surface area contributed by atoms with Crippen LogP contribution in [0.5, 0.6) is 0 Å². The molecule has 1 aliphatic rings. The minimum absolute atomic E-state index is 0.238. The van der Waals surface area contributed by atoms with Crippen molar-refractivity contribution in [3.05, 3.63) is 24.3 Å². The molecule has 13 nitrogen and oxygen atoms in total. The van der Waals surface area contributed by atoms with Crippen LogP contribution in [0.2, 0.25) is 0 Å². The molecular formula is C54H103NO12S. The summed E-state index contributed by atoms with van der Waals surface area (Å²) in [5.74, 6) is -0.704. The highest BCUT2D eigenvalue weighted by Gasteiger charge is 2.48. The second-order valence-corrected chi connectivity index (χ2v) is 20.7. The van der Waals surface area contributed by atoms with Crippen LogP contribution >= 0.6 is 0 Å². The van der Waals surface area contributed by atoms with E-state index in [-0.39, 0.29) is 6.42 Å². The van der Waals surface area contributed by atoms with Crippen molar-refractivity contribution >= 4 is 16.3 Å². The first-order valence-corrected chi connectivity index (χ1v) is 29.2. The fourth-order valence-corrected chi connectivity index (χ4v) is 9.44. The van der Waals surface area contributed by atoms with Gasteiger partial charge in [0, 0.05) is 0 Å². The van der Waals surface area contributed by atoms with Gasteiger partial charge in [0.1, 0.15) is 30.5 Å². The van der Waals surface area contributed by atoms with Crippen LogP contribution in [0.25, 0.3) is 0 Å². The van der Waals surface area contributed by atoms with E-state index < -0.39 is 78.5 Å². The van der Waals surface area contributed by atoms with E-state index >= 15 is 0 Å². The Morgan fingerprint density at radius 2 is 0.971 bits per heavy atom. The lowest BCUT2D eigenvalue weighted by atomic mass is 9.99. The summed E-state index contributed by atoms with van der Waals surface area (Å²) in [5, 5.41) is 55.5. The van der Waals surface area contributed by atoms with Crippen molar-refractivity contribution < 1.29 is 57.0 Å². The summed E-state index contributed by atoms with van der Waals surface area (Å²) in [6, 6.07) is -1.12. The van der Waals surface area contributed by atoms with Crippen molar-refractivity contribution in [1.82, 2.24) is 5.32 Å². The van der Waals surface area contributed by atoms with Gasteiger partial charge in [-0.3, -0.25) is 9.35 Å². The SMILES string of the molecule is CCCCCCCCCCCCC/C=C\CCCCCCCCC(O)C(=O)NC(COC1OC(CO)C(O)C(OS(=O)(=O)O)C1O)C(O)/C=C/CCCCCCCCCCCCCCCCCC. The van der Waals surface area contributed by atoms with Crippen molar-refractivity contribution in [2.24, 2.45) is 0 Å². The number of amides is 1. The number of nitrogens with one attached hydrogen (secondary N) is 1. The number of aliphatic hydroxyl groups is 5. The maximum Gasteiger partial charge on any atom is 0.397 e. The molecule has 14 heteroatoms. The minimum atomic E-state index is -5.12. The second-order valence-electron chi connectivity index (χ2n) is 19.7. The number of ether oxygens (including phenoxy) is 2.